The zero-order valence-corrected chi connectivity index (χ0v) is 11.9. The topological polar surface area (TPSA) is 47.6 Å². The van der Waals surface area contributed by atoms with Gasteiger partial charge in [-0.1, -0.05) is 12.1 Å². The Kier molecular flexibility index (Phi) is 5.30. The average Bonchev–Trinajstić information content (AvgIpc) is 2.52. The molecule has 2 rings (SSSR count). The van der Waals surface area contributed by atoms with Gasteiger partial charge in [-0.3, -0.25) is 4.79 Å². The Hall–Kier alpha value is -2.63. The fraction of sp³-hybridized carbons (Fsp3) is 0.188. The maximum absolute atomic E-state index is 13.3. The molecule has 0 radical (unpaired) electrons. The second-order valence-corrected chi connectivity index (χ2v) is 4.49. The number of hydrogen-bond donors (Lipinski definition) is 1. The van der Waals surface area contributed by atoms with Crippen molar-refractivity contribution in [2.75, 3.05) is 13.7 Å². The Labute approximate surface area is 126 Å². The standard InChI is InChI=1S/C16H15F2NO3/c1-21-13-4-2-3-11(7-13)9-19-16(20)10-22-15-6-5-12(17)8-14(15)18/h2-8H,9-10H2,1H3,(H,19,20). The van der Waals surface area contributed by atoms with E-state index < -0.39 is 17.5 Å². The molecule has 116 valence electrons. The van der Waals surface area contributed by atoms with Crippen LogP contribution in [0.25, 0.3) is 0 Å². The van der Waals surface area contributed by atoms with Gasteiger partial charge < -0.3 is 14.8 Å². The Morgan fingerprint density at radius 3 is 2.73 bits per heavy atom. The van der Waals surface area contributed by atoms with Gasteiger partial charge in [0.25, 0.3) is 5.91 Å². The summed E-state index contributed by atoms with van der Waals surface area (Å²) in [7, 11) is 1.56. The first-order valence-electron chi connectivity index (χ1n) is 6.56. The number of carbonyl (C=O) groups is 1. The number of hydrogen-bond acceptors (Lipinski definition) is 3. The van der Waals surface area contributed by atoms with E-state index >= 15 is 0 Å². The molecule has 6 heteroatoms. The molecule has 1 N–H and O–H groups in total. The van der Waals surface area contributed by atoms with Crippen molar-refractivity contribution < 1.29 is 23.0 Å². The zero-order chi connectivity index (χ0) is 15.9. The van der Waals surface area contributed by atoms with Crippen molar-refractivity contribution in [3.63, 3.8) is 0 Å². The normalized spacial score (nSPS) is 10.1. The number of benzene rings is 2. The molecule has 0 saturated heterocycles. The highest BCUT2D eigenvalue weighted by molar-refractivity contribution is 5.77. The van der Waals surface area contributed by atoms with E-state index in [1.54, 1.807) is 19.2 Å². The van der Waals surface area contributed by atoms with Gasteiger partial charge in [0.2, 0.25) is 0 Å². The van der Waals surface area contributed by atoms with Crippen LogP contribution in [0.4, 0.5) is 8.78 Å². The number of carbonyl (C=O) groups excluding carboxylic acids is 1. The van der Waals surface area contributed by atoms with Gasteiger partial charge in [-0.2, -0.15) is 0 Å². The highest BCUT2D eigenvalue weighted by Crippen LogP contribution is 2.17. The van der Waals surface area contributed by atoms with Crippen LogP contribution >= 0.6 is 0 Å². The average molecular weight is 307 g/mol. The Morgan fingerprint density at radius 2 is 2.00 bits per heavy atom. The summed E-state index contributed by atoms with van der Waals surface area (Å²) < 4.78 is 36.1. The molecule has 0 bridgehead atoms. The highest BCUT2D eigenvalue weighted by Gasteiger charge is 2.08. The molecule has 0 unspecified atom stereocenters. The molecule has 0 aromatic heterocycles. The lowest BCUT2D eigenvalue weighted by Crippen LogP contribution is -2.28. The monoisotopic (exact) mass is 307 g/mol. The summed E-state index contributed by atoms with van der Waals surface area (Å²) >= 11 is 0. The largest absolute Gasteiger partial charge is 0.497 e. The van der Waals surface area contributed by atoms with E-state index in [1.807, 2.05) is 12.1 Å². The van der Waals surface area contributed by atoms with E-state index in [0.29, 0.717) is 18.4 Å². The van der Waals surface area contributed by atoms with Crippen molar-refractivity contribution in [3.05, 3.63) is 59.7 Å². The lowest BCUT2D eigenvalue weighted by Gasteiger charge is -2.09. The molecule has 0 saturated carbocycles. The molecule has 0 spiro atoms. The van der Waals surface area contributed by atoms with E-state index in [0.717, 1.165) is 17.7 Å². The van der Waals surface area contributed by atoms with Gasteiger partial charge in [-0.05, 0) is 29.8 Å². The van der Waals surface area contributed by atoms with Crippen molar-refractivity contribution in [2.45, 2.75) is 6.54 Å². The van der Waals surface area contributed by atoms with Crippen LogP contribution < -0.4 is 14.8 Å². The SMILES string of the molecule is COc1cccc(CNC(=O)COc2ccc(F)cc2F)c1. The predicted molar refractivity (Wildman–Crippen MR) is 76.7 cm³/mol. The molecular formula is C16H15F2NO3. The van der Waals surface area contributed by atoms with E-state index in [9.17, 15) is 13.6 Å². The maximum atomic E-state index is 13.3. The van der Waals surface area contributed by atoms with Crippen molar-refractivity contribution in [1.82, 2.24) is 5.32 Å². The minimum Gasteiger partial charge on any atom is -0.497 e. The van der Waals surface area contributed by atoms with Crippen LogP contribution in [0.5, 0.6) is 11.5 Å². The van der Waals surface area contributed by atoms with Crippen LogP contribution in [0.2, 0.25) is 0 Å². The van der Waals surface area contributed by atoms with Gasteiger partial charge in [0.15, 0.2) is 18.2 Å². The van der Waals surface area contributed by atoms with Crippen LogP contribution in [-0.4, -0.2) is 19.6 Å². The Morgan fingerprint density at radius 1 is 1.18 bits per heavy atom. The molecule has 1 amide bonds. The molecule has 0 fully saturated rings. The summed E-state index contributed by atoms with van der Waals surface area (Å²) in [5.74, 6) is -1.44. The van der Waals surface area contributed by atoms with Crippen molar-refractivity contribution in [1.29, 1.82) is 0 Å². The summed E-state index contributed by atoms with van der Waals surface area (Å²) in [4.78, 5) is 11.7. The number of nitrogens with one attached hydrogen (secondary N) is 1. The smallest absolute Gasteiger partial charge is 0.258 e. The van der Waals surface area contributed by atoms with Gasteiger partial charge in [0.05, 0.1) is 7.11 Å². The van der Waals surface area contributed by atoms with E-state index in [1.165, 1.54) is 0 Å². The second kappa shape index (κ2) is 7.40. The van der Waals surface area contributed by atoms with Crippen LogP contribution in [0.3, 0.4) is 0 Å². The second-order valence-electron chi connectivity index (χ2n) is 4.49. The zero-order valence-electron chi connectivity index (χ0n) is 11.9. The number of methoxy groups -OCH3 is 1. The summed E-state index contributed by atoms with van der Waals surface area (Å²) in [5.41, 5.74) is 0.862. The van der Waals surface area contributed by atoms with Crippen LogP contribution in [0.15, 0.2) is 42.5 Å². The first-order valence-corrected chi connectivity index (χ1v) is 6.56. The molecule has 0 aliphatic heterocycles. The highest BCUT2D eigenvalue weighted by atomic mass is 19.1. The predicted octanol–water partition coefficient (Wildman–Crippen LogP) is 2.67. The fourth-order valence-corrected chi connectivity index (χ4v) is 1.77. The lowest BCUT2D eigenvalue weighted by atomic mass is 10.2. The minimum atomic E-state index is -0.847. The molecule has 2 aromatic rings. The van der Waals surface area contributed by atoms with Crippen LogP contribution in [0.1, 0.15) is 5.56 Å². The molecule has 0 aliphatic carbocycles. The Balaban J connectivity index is 1.82. The van der Waals surface area contributed by atoms with Crippen molar-refractivity contribution >= 4 is 5.91 Å². The van der Waals surface area contributed by atoms with Crippen LogP contribution in [0, 0.1) is 11.6 Å². The maximum Gasteiger partial charge on any atom is 0.258 e. The van der Waals surface area contributed by atoms with Gasteiger partial charge >= 0.3 is 0 Å². The number of amides is 1. The number of ether oxygens (including phenoxy) is 2. The summed E-state index contributed by atoms with van der Waals surface area (Å²) in [6, 6.07) is 10.1. The fourth-order valence-electron chi connectivity index (χ4n) is 1.77. The summed E-state index contributed by atoms with van der Waals surface area (Å²) in [6.45, 7) is -0.0577. The van der Waals surface area contributed by atoms with Gasteiger partial charge in [0, 0.05) is 12.6 Å². The molecule has 22 heavy (non-hydrogen) atoms. The summed E-state index contributed by atoms with van der Waals surface area (Å²) in [5, 5.41) is 2.64. The first kappa shape index (κ1) is 15.8. The third-order valence-corrected chi connectivity index (χ3v) is 2.88. The first-order chi connectivity index (χ1) is 10.6. The molecular weight excluding hydrogens is 292 g/mol. The third kappa shape index (κ3) is 4.44. The van der Waals surface area contributed by atoms with Gasteiger partial charge in [-0.15, -0.1) is 0 Å². The molecule has 2 aromatic carbocycles. The number of halogens is 2. The molecule has 0 atom stereocenters. The van der Waals surface area contributed by atoms with Crippen molar-refractivity contribution in [3.8, 4) is 11.5 Å². The third-order valence-electron chi connectivity index (χ3n) is 2.88. The van der Waals surface area contributed by atoms with Crippen LogP contribution in [-0.2, 0) is 11.3 Å². The van der Waals surface area contributed by atoms with E-state index in [2.05, 4.69) is 5.32 Å². The van der Waals surface area contributed by atoms with E-state index in [-0.39, 0.29) is 12.4 Å². The van der Waals surface area contributed by atoms with Crippen molar-refractivity contribution in [2.24, 2.45) is 0 Å². The van der Waals surface area contributed by atoms with Gasteiger partial charge in [-0.25, -0.2) is 8.78 Å². The summed E-state index contributed by atoms with van der Waals surface area (Å²) in [6.07, 6.45) is 0. The molecule has 0 aliphatic rings. The molecule has 0 heterocycles. The van der Waals surface area contributed by atoms with Gasteiger partial charge in [0.1, 0.15) is 11.6 Å². The lowest BCUT2D eigenvalue weighted by molar-refractivity contribution is -0.123. The quantitative estimate of drug-likeness (QED) is 0.892. The van der Waals surface area contributed by atoms with E-state index in [4.69, 9.17) is 9.47 Å². The Bertz CT molecular complexity index is 662. The number of rotatable bonds is 6. The molecule has 4 nitrogen and oxygen atoms in total. The minimum absolute atomic E-state index is 0.169.